The maximum absolute atomic E-state index is 13.1. The first kappa shape index (κ1) is 20.5. The van der Waals surface area contributed by atoms with E-state index in [2.05, 4.69) is 16.4 Å². The van der Waals surface area contributed by atoms with E-state index in [-0.39, 0.29) is 35.9 Å². The summed E-state index contributed by atoms with van der Waals surface area (Å²) in [7, 11) is 0. The number of hydrogen-bond acceptors (Lipinski definition) is 8. The zero-order chi connectivity index (χ0) is 20.6. The highest BCUT2D eigenvalue weighted by atomic mass is 16.5. The molecule has 8 heteroatoms. The minimum absolute atomic E-state index is 0.0538. The number of nitrogens with zero attached hydrogens (tertiary/aromatic N) is 2. The molecule has 1 aromatic carbocycles. The number of nitrogens with one attached hydrogen (secondary N) is 1. The monoisotopic (exact) mass is 395 g/mol. The van der Waals surface area contributed by atoms with Crippen molar-refractivity contribution in [1.82, 2.24) is 10.3 Å². The molecule has 1 aromatic heterocycles. The number of ketones is 1. The predicted octanol–water partition coefficient (Wildman–Crippen LogP) is 1.67. The molecule has 8 nitrogen and oxygen atoms in total. The topological polar surface area (TPSA) is 122 Å². The average Bonchev–Trinajstić information content (AvgIpc) is 2.76. The standard InChI is InChI=1S/C21H21N3O5/c22-8-2-5-16-14(4-3-9-23-16)20(27)21-17(24-10-11-28-21)13-29-19-7-1-6-18(26)15(19)12-25/h1,3-4,6-7,9,12,17,21,24,26H,2,5,10-11,13H2/t17-,21?/m0/s1. The van der Waals surface area contributed by atoms with E-state index in [0.717, 1.165) is 0 Å². The average molecular weight is 395 g/mol. The van der Waals surface area contributed by atoms with Crippen molar-refractivity contribution >= 4 is 12.1 Å². The Balaban J connectivity index is 1.77. The molecule has 1 aliphatic rings. The molecule has 2 aromatic rings. The van der Waals surface area contributed by atoms with Crippen LogP contribution in [0.1, 0.15) is 32.8 Å². The molecule has 3 rings (SSSR count). The Kier molecular flexibility index (Phi) is 6.89. The smallest absolute Gasteiger partial charge is 0.195 e. The molecule has 0 bridgehead atoms. The first-order valence-corrected chi connectivity index (χ1v) is 9.25. The van der Waals surface area contributed by atoms with Crippen molar-refractivity contribution in [3.05, 3.63) is 53.3 Å². The Bertz CT molecular complexity index is 925. The third-order valence-corrected chi connectivity index (χ3v) is 4.64. The number of hydrogen-bond donors (Lipinski definition) is 2. The van der Waals surface area contributed by atoms with Crippen molar-refractivity contribution in [2.75, 3.05) is 19.8 Å². The van der Waals surface area contributed by atoms with Crippen molar-refractivity contribution in [2.24, 2.45) is 0 Å². The van der Waals surface area contributed by atoms with Gasteiger partial charge in [0.15, 0.2) is 12.1 Å². The van der Waals surface area contributed by atoms with Gasteiger partial charge in [0.1, 0.15) is 24.2 Å². The number of morpholine rings is 1. The van der Waals surface area contributed by atoms with Crippen molar-refractivity contribution in [3.8, 4) is 17.6 Å². The van der Waals surface area contributed by atoms with Crippen LogP contribution in [-0.2, 0) is 11.2 Å². The third kappa shape index (κ3) is 4.77. The largest absolute Gasteiger partial charge is 0.507 e. The number of pyridine rings is 1. The second-order valence-electron chi connectivity index (χ2n) is 6.49. The predicted molar refractivity (Wildman–Crippen MR) is 103 cm³/mol. The molecule has 0 amide bonds. The Labute approximate surface area is 168 Å². The summed E-state index contributed by atoms with van der Waals surface area (Å²) < 4.78 is 11.4. The second-order valence-corrected chi connectivity index (χ2v) is 6.49. The normalized spacial score (nSPS) is 18.6. The van der Waals surface area contributed by atoms with E-state index in [4.69, 9.17) is 14.7 Å². The molecule has 2 N–H and O–H groups in total. The number of aryl methyl sites for hydroxylation is 1. The zero-order valence-electron chi connectivity index (χ0n) is 15.7. The molecule has 1 aliphatic heterocycles. The van der Waals surface area contributed by atoms with Crippen LogP contribution in [0.2, 0.25) is 0 Å². The molecule has 0 aliphatic carbocycles. The number of aromatic nitrogens is 1. The van der Waals surface area contributed by atoms with Gasteiger partial charge in [0.25, 0.3) is 0 Å². The lowest BCUT2D eigenvalue weighted by atomic mass is 9.97. The lowest BCUT2D eigenvalue weighted by Crippen LogP contribution is -2.54. The van der Waals surface area contributed by atoms with Crippen molar-refractivity contribution in [3.63, 3.8) is 0 Å². The molecule has 1 fully saturated rings. The molecule has 0 saturated carbocycles. The van der Waals surface area contributed by atoms with E-state index in [1.807, 2.05) is 0 Å². The fourth-order valence-electron chi connectivity index (χ4n) is 3.20. The van der Waals surface area contributed by atoms with Crippen LogP contribution in [0.15, 0.2) is 36.5 Å². The molecular weight excluding hydrogens is 374 g/mol. The molecule has 0 radical (unpaired) electrons. The minimum Gasteiger partial charge on any atom is -0.507 e. The number of benzene rings is 1. The number of ether oxygens (including phenoxy) is 2. The Hall–Kier alpha value is -3.28. The van der Waals surface area contributed by atoms with Gasteiger partial charge in [-0.3, -0.25) is 14.6 Å². The van der Waals surface area contributed by atoms with Crippen molar-refractivity contribution < 1.29 is 24.2 Å². The number of phenolic OH excluding ortho intramolecular Hbond substituents is 1. The first-order chi connectivity index (χ1) is 14.2. The highest BCUT2D eigenvalue weighted by molar-refractivity contribution is 6.01. The van der Waals surface area contributed by atoms with Crippen LogP contribution in [0.5, 0.6) is 11.5 Å². The lowest BCUT2D eigenvalue weighted by Gasteiger charge is -2.32. The summed E-state index contributed by atoms with van der Waals surface area (Å²) in [4.78, 5) is 28.6. The Morgan fingerprint density at radius 1 is 1.41 bits per heavy atom. The SMILES string of the molecule is N#CCCc1ncccc1C(=O)C1OCCN[C@H]1COc1cccc(O)c1C=O. The molecular formula is C21H21N3O5. The molecule has 1 saturated heterocycles. The van der Waals surface area contributed by atoms with E-state index >= 15 is 0 Å². The van der Waals surface area contributed by atoms with Crippen LogP contribution in [0.3, 0.4) is 0 Å². The third-order valence-electron chi connectivity index (χ3n) is 4.64. The summed E-state index contributed by atoms with van der Waals surface area (Å²) in [6.07, 6.45) is 1.96. The van der Waals surface area contributed by atoms with Gasteiger partial charge in [0.2, 0.25) is 0 Å². The van der Waals surface area contributed by atoms with E-state index < -0.39 is 12.1 Å². The molecule has 2 heterocycles. The van der Waals surface area contributed by atoms with Crippen LogP contribution in [0.4, 0.5) is 0 Å². The van der Waals surface area contributed by atoms with Gasteiger partial charge < -0.3 is 19.9 Å². The van der Waals surface area contributed by atoms with Crippen LogP contribution >= 0.6 is 0 Å². The number of aldehydes is 1. The number of carbonyl (C=O) groups is 2. The van der Waals surface area contributed by atoms with Gasteiger partial charge in [-0.2, -0.15) is 5.26 Å². The van der Waals surface area contributed by atoms with Gasteiger partial charge in [0.05, 0.1) is 30.0 Å². The highest BCUT2D eigenvalue weighted by Gasteiger charge is 2.34. The summed E-state index contributed by atoms with van der Waals surface area (Å²) in [5.74, 6) is -0.177. The van der Waals surface area contributed by atoms with Crippen molar-refractivity contribution in [2.45, 2.75) is 25.0 Å². The number of aromatic hydroxyl groups is 1. The minimum atomic E-state index is -0.800. The van der Waals surface area contributed by atoms with Crippen LogP contribution in [-0.4, -0.2) is 54.1 Å². The van der Waals surface area contributed by atoms with E-state index in [1.165, 1.54) is 6.07 Å². The van der Waals surface area contributed by atoms with Crippen molar-refractivity contribution in [1.29, 1.82) is 5.26 Å². The van der Waals surface area contributed by atoms with E-state index in [0.29, 0.717) is 37.1 Å². The second kappa shape index (κ2) is 9.78. The Morgan fingerprint density at radius 3 is 3.07 bits per heavy atom. The van der Waals surface area contributed by atoms with E-state index in [9.17, 15) is 14.7 Å². The quantitative estimate of drug-likeness (QED) is 0.511. The number of phenols is 1. The van der Waals surface area contributed by atoms with Gasteiger partial charge in [0, 0.05) is 31.1 Å². The zero-order valence-corrected chi connectivity index (χ0v) is 15.7. The summed E-state index contributed by atoms with van der Waals surface area (Å²) in [5.41, 5.74) is 1.04. The van der Waals surface area contributed by atoms with Crippen LogP contribution in [0, 0.1) is 11.3 Å². The fourth-order valence-corrected chi connectivity index (χ4v) is 3.20. The summed E-state index contributed by atoms with van der Waals surface area (Å²) in [6.45, 7) is 0.980. The maximum atomic E-state index is 13.1. The summed E-state index contributed by atoms with van der Waals surface area (Å²) >= 11 is 0. The van der Waals surface area contributed by atoms with Crippen LogP contribution < -0.4 is 10.1 Å². The van der Waals surface area contributed by atoms with Gasteiger partial charge >= 0.3 is 0 Å². The molecule has 29 heavy (non-hydrogen) atoms. The number of nitriles is 1. The number of Topliss-reactive ketones (excluding diaryl/α,β-unsaturated/α-hetero) is 1. The Morgan fingerprint density at radius 2 is 2.28 bits per heavy atom. The van der Waals surface area contributed by atoms with Gasteiger partial charge in [-0.05, 0) is 24.3 Å². The maximum Gasteiger partial charge on any atom is 0.195 e. The number of rotatable bonds is 8. The summed E-state index contributed by atoms with van der Waals surface area (Å²) in [6, 6.07) is 9.50. The van der Waals surface area contributed by atoms with Gasteiger partial charge in [-0.25, -0.2) is 0 Å². The molecule has 1 unspecified atom stereocenters. The van der Waals surface area contributed by atoms with Gasteiger partial charge in [-0.1, -0.05) is 6.07 Å². The molecule has 2 atom stereocenters. The molecule has 0 spiro atoms. The fraction of sp³-hybridized carbons (Fsp3) is 0.333. The first-order valence-electron chi connectivity index (χ1n) is 9.25. The lowest BCUT2D eigenvalue weighted by molar-refractivity contribution is -0.00567. The van der Waals surface area contributed by atoms with E-state index in [1.54, 1.807) is 30.5 Å². The summed E-state index contributed by atoms with van der Waals surface area (Å²) in [5, 5.41) is 21.8. The van der Waals surface area contributed by atoms with Crippen LogP contribution in [0.25, 0.3) is 0 Å². The molecule has 150 valence electrons. The number of carbonyl (C=O) groups excluding carboxylic acids is 2. The highest BCUT2D eigenvalue weighted by Crippen LogP contribution is 2.26. The van der Waals surface area contributed by atoms with Gasteiger partial charge in [-0.15, -0.1) is 0 Å².